The molecule has 25 heavy (non-hydrogen) atoms. The van der Waals surface area contributed by atoms with Gasteiger partial charge in [-0.15, -0.1) is 10.2 Å². The van der Waals surface area contributed by atoms with Crippen LogP contribution in [0.5, 0.6) is 5.75 Å². The van der Waals surface area contributed by atoms with Crippen molar-refractivity contribution in [2.75, 3.05) is 19.0 Å². The zero-order chi connectivity index (χ0) is 18.6. The number of aromatic nitrogens is 2. The highest BCUT2D eigenvalue weighted by Crippen LogP contribution is 2.30. The number of ether oxygens (including phenoxy) is 1. The monoisotopic (exact) mass is 394 g/mol. The number of halogens is 4. The van der Waals surface area contributed by atoms with Crippen molar-refractivity contribution in [2.45, 2.75) is 19.6 Å². The van der Waals surface area contributed by atoms with Crippen LogP contribution in [0, 0.1) is 6.92 Å². The Balaban J connectivity index is 2.06. The van der Waals surface area contributed by atoms with Crippen LogP contribution in [0.4, 0.5) is 23.7 Å². The molecule has 0 aliphatic heterocycles. The van der Waals surface area contributed by atoms with Crippen LogP contribution in [0.25, 0.3) is 0 Å². The summed E-state index contributed by atoms with van der Waals surface area (Å²) >= 11 is 7.18. The molecule has 0 atom stereocenters. The number of rotatable bonds is 5. The number of hydrogen-bond donors (Lipinski definition) is 1. The second-order valence-electron chi connectivity index (χ2n) is 5.05. The Hall–Kier alpha value is -2.07. The fraction of sp³-hybridized carbons (Fsp3) is 0.357. The van der Waals surface area contributed by atoms with E-state index >= 15 is 0 Å². The summed E-state index contributed by atoms with van der Waals surface area (Å²) in [5, 5.41) is 11.9. The van der Waals surface area contributed by atoms with Crippen molar-refractivity contribution in [3.05, 3.63) is 33.2 Å². The zero-order valence-corrected chi connectivity index (χ0v) is 14.8. The average molecular weight is 395 g/mol. The molecule has 2 amide bonds. The van der Waals surface area contributed by atoms with E-state index < -0.39 is 18.8 Å². The van der Waals surface area contributed by atoms with Crippen molar-refractivity contribution in [3.63, 3.8) is 0 Å². The molecular weight excluding hydrogens is 381 g/mol. The number of benzene rings is 1. The fourth-order valence-corrected chi connectivity index (χ4v) is 2.71. The lowest BCUT2D eigenvalue weighted by molar-refractivity contribution is -0.153. The van der Waals surface area contributed by atoms with Gasteiger partial charge in [0.05, 0.1) is 12.2 Å². The topological polar surface area (TPSA) is 67.4 Å². The number of carbonyl (C=O) groups excluding carboxylic acids is 1. The maximum Gasteiger partial charge on any atom is 0.422 e. The van der Waals surface area contributed by atoms with Crippen LogP contribution < -0.4 is 10.1 Å². The summed E-state index contributed by atoms with van der Waals surface area (Å²) in [6.07, 6.45) is -4.49. The summed E-state index contributed by atoms with van der Waals surface area (Å²) in [6, 6.07) is 3.40. The Labute approximate surface area is 150 Å². The first-order valence-corrected chi connectivity index (χ1v) is 8.13. The van der Waals surface area contributed by atoms with Crippen LogP contribution in [-0.2, 0) is 6.54 Å². The molecule has 1 heterocycles. The number of urea groups is 1. The highest BCUT2D eigenvalue weighted by Gasteiger charge is 2.29. The van der Waals surface area contributed by atoms with Gasteiger partial charge in [-0.3, -0.25) is 0 Å². The van der Waals surface area contributed by atoms with Crippen molar-refractivity contribution in [2.24, 2.45) is 0 Å². The summed E-state index contributed by atoms with van der Waals surface area (Å²) in [5.74, 6) is -0.129. The van der Waals surface area contributed by atoms with Gasteiger partial charge in [-0.05, 0) is 25.1 Å². The Bertz CT molecular complexity index is 754. The third kappa shape index (κ3) is 6.05. The predicted octanol–water partition coefficient (Wildman–Crippen LogP) is 4.10. The SMILES string of the molecule is Cc1nnc(CN(C)C(=O)Nc2cc(Cl)ccc2OCC(F)(F)F)s1. The molecule has 1 N–H and O–H groups in total. The molecule has 6 nitrogen and oxygen atoms in total. The molecule has 0 saturated carbocycles. The first-order chi connectivity index (χ1) is 11.6. The van der Waals surface area contributed by atoms with Gasteiger partial charge in [-0.1, -0.05) is 22.9 Å². The maximum absolute atomic E-state index is 12.3. The van der Waals surface area contributed by atoms with Gasteiger partial charge in [-0.25, -0.2) is 4.79 Å². The van der Waals surface area contributed by atoms with Crippen LogP contribution in [0.2, 0.25) is 5.02 Å². The Morgan fingerprint density at radius 2 is 2.12 bits per heavy atom. The summed E-state index contributed by atoms with van der Waals surface area (Å²) in [5.41, 5.74) is 0.0436. The van der Waals surface area contributed by atoms with Crippen molar-refractivity contribution < 1.29 is 22.7 Å². The smallest absolute Gasteiger partial charge is 0.422 e. The number of aryl methyl sites for hydroxylation is 1. The average Bonchev–Trinajstić information content (AvgIpc) is 2.90. The fourth-order valence-electron chi connectivity index (χ4n) is 1.77. The Morgan fingerprint density at radius 3 is 2.72 bits per heavy atom. The molecule has 0 aliphatic rings. The molecule has 2 aromatic rings. The molecular formula is C14H14ClF3N4O2S. The number of carbonyl (C=O) groups is 1. The summed E-state index contributed by atoms with van der Waals surface area (Å²) in [6.45, 7) is 0.519. The number of anilines is 1. The van der Waals surface area contributed by atoms with Gasteiger partial charge in [0.25, 0.3) is 0 Å². The van der Waals surface area contributed by atoms with E-state index in [0.717, 1.165) is 5.01 Å². The van der Waals surface area contributed by atoms with Gasteiger partial charge in [0.2, 0.25) is 0 Å². The minimum absolute atomic E-state index is 0.0436. The molecule has 0 bridgehead atoms. The largest absolute Gasteiger partial charge is 0.482 e. The van der Waals surface area contributed by atoms with Gasteiger partial charge in [-0.2, -0.15) is 13.2 Å². The van der Waals surface area contributed by atoms with E-state index in [2.05, 4.69) is 15.5 Å². The van der Waals surface area contributed by atoms with Gasteiger partial charge in [0.15, 0.2) is 6.61 Å². The first-order valence-electron chi connectivity index (χ1n) is 6.94. The molecule has 0 unspecified atom stereocenters. The third-order valence-electron chi connectivity index (χ3n) is 2.86. The van der Waals surface area contributed by atoms with E-state index in [1.807, 2.05) is 0 Å². The van der Waals surface area contributed by atoms with Gasteiger partial charge < -0.3 is 15.0 Å². The standard InChI is InChI=1S/C14H14ClF3N4O2S/c1-8-20-21-12(25-8)6-22(2)13(23)19-10-5-9(15)3-4-11(10)24-7-14(16,17)18/h3-5H,6-7H2,1-2H3,(H,19,23). The van der Waals surface area contributed by atoms with Crippen LogP contribution in [-0.4, -0.2) is 41.0 Å². The number of hydrogen-bond acceptors (Lipinski definition) is 5. The Morgan fingerprint density at radius 1 is 1.40 bits per heavy atom. The quantitative estimate of drug-likeness (QED) is 0.828. The second kappa shape index (κ2) is 7.87. The molecule has 11 heteroatoms. The molecule has 0 spiro atoms. The molecule has 136 valence electrons. The van der Waals surface area contributed by atoms with E-state index in [4.69, 9.17) is 16.3 Å². The van der Waals surface area contributed by atoms with E-state index in [1.165, 1.54) is 41.5 Å². The second-order valence-corrected chi connectivity index (χ2v) is 6.75. The van der Waals surface area contributed by atoms with E-state index in [1.54, 1.807) is 6.92 Å². The van der Waals surface area contributed by atoms with Crippen LogP contribution in [0.3, 0.4) is 0 Å². The van der Waals surface area contributed by atoms with E-state index in [9.17, 15) is 18.0 Å². The lowest BCUT2D eigenvalue weighted by atomic mass is 10.3. The summed E-state index contributed by atoms with van der Waals surface area (Å²) in [7, 11) is 1.52. The minimum atomic E-state index is -4.49. The number of amides is 2. The number of nitrogens with one attached hydrogen (secondary N) is 1. The maximum atomic E-state index is 12.3. The highest BCUT2D eigenvalue weighted by molar-refractivity contribution is 7.11. The number of alkyl halides is 3. The molecule has 2 rings (SSSR count). The molecule has 0 aliphatic carbocycles. The van der Waals surface area contributed by atoms with Gasteiger partial charge in [0, 0.05) is 12.1 Å². The van der Waals surface area contributed by atoms with Crippen molar-refractivity contribution >= 4 is 34.7 Å². The summed E-state index contributed by atoms with van der Waals surface area (Å²) in [4.78, 5) is 13.6. The first kappa shape index (κ1) is 19.3. The number of nitrogens with zero attached hydrogens (tertiary/aromatic N) is 3. The van der Waals surface area contributed by atoms with Crippen molar-refractivity contribution in [3.8, 4) is 5.75 Å². The lowest BCUT2D eigenvalue weighted by Gasteiger charge is -2.19. The molecule has 1 aromatic carbocycles. The molecule has 1 aromatic heterocycles. The van der Waals surface area contributed by atoms with Crippen molar-refractivity contribution in [1.29, 1.82) is 0 Å². The Kier molecular flexibility index (Phi) is 6.07. The van der Waals surface area contributed by atoms with E-state index in [-0.39, 0.29) is 23.0 Å². The van der Waals surface area contributed by atoms with Gasteiger partial charge >= 0.3 is 12.2 Å². The zero-order valence-electron chi connectivity index (χ0n) is 13.2. The molecule has 0 saturated heterocycles. The predicted molar refractivity (Wildman–Crippen MR) is 88.1 cm³/mol. The lowest BCUT2D eigenvalue weighted by Crippen LogP contribution is -2.31. The highest BCUT2D eigenvalue weighted by atomic mass is 35.5. The van der Waals surface area contributed by atoms with Crippen molar-refractivity contribution in [1.82, 2.24) is 15.1 Å². The van der Waals surface area contributed by atoms with Crippen LogP contribution in [0.1, 0.15) is 10.0 Å². The third-order valence-corrected chi connectivity index (χ3v) is 3.92. The molecule has 0 fully saturated rings. The molecule has 0 radical (unpaired) electrons. The summed E-state index contributed by atoms with van der Waals surface area (Å²) < 4.78 is 41.7. The van der Waals surface area contributed by atoms with Crippen LogP contribution in [0.15, 0.2) is 18.2 Å². The minimum Gasteiger partial charge on any atom is -0.482 e. The van der Waals surface area contributed by atoms with E-state index in [0.29, 0.717) is 5.01 Å². The normalized spacial score (nSPS) is 11.3. The van der Waals surface area contributed by atoms with Gasteiger partial charge in [0.1, 0.15) is 15.8 Å². The van der Waals surface area contributed by atoms with Crippen LogP contribution >= 0.6 is 22.9 Å².